The van der Waals surface area contributed by atoms with Crippen molar-refractivity contribution in [1.82, 2.24) is 5.32 Å². The van der Waals surface area contributed by atoms with E-state index >= 15 is 0 Å². The molecule has 130 valence electrons. The predicted molar refractivity (Wildman–Crippen MR) is 95.3 cm³/mol. The maximum Gasteiger partial charge on any atom is 0.416 e. The second-order valence-corrected chi connectivity index (χ2v) is 7.02. The average molecular weight is 373 g/mol. The zero-order chi connectivity index (χ0) is 17.7. The fraction of sp³-hybridized carbons (Fsp3) is 0.294. The number of halogens is 3. The van der Waals surface area contributed by atoms with Crippen molar-refractivity contribution in [3.63, 3.8) is 0 Å². The number of thiophene rings is 1. The lowest BCUT2D eigenvalue weighted by atomic mass is 10.1. The molecule has 0 aliphatic heterocycles. The third-order valence-electron chi connectivity index (χ3n) is 3.37. The highest BCUT2D eigenvalue weighted by molar-refractivity contribution is 7.80. The third-order valence-corrected chi connectivity index (χ3v) is 5.02. The maximum absolute atomic E-state index is 12.5. The van der Waals surface area contributed by atoms with Crippen LogP contribution in [0.15, 0.2) is 35.2 Å². The minimum atomic E-state index is -4.31. The summed E-state index contributed by atoms with van der Waals surface area (Å²) in [4.78, 5) is 2.86. The van der Waals surface area contributed by atoms with Crippen LogP contribution in [0.3, 0.4) is 0 Å². The SMILES string of the molecule is CC(CO)NCc1sc(/C=C/c2ccc(C(F)(F)F)cc2)cc1S. The van der Waals surface area contributed by atoms with Crippen molar-refractivity contribution < 1.29 is 18.3 Å². The quantitative estimate of drug-likeness (QED) is 0.642. The fourth-order valence-electron chi connectivity index (χ4n) is 1.94. The van der Waals surface area contributed by atoms with Gasteiger partial charge in [-0.1, -0.05) is 18.2 Å². The van der Waals surface area contributed by atoms with Gasteiger partial charge < -0.3 is 10.4 Å². The van der Waals surface area contributed by atoms with Gasteiger partial charge in [-0.25, -0.2) is 0 Å². The molecule has 0 radical (unpaired) electrons. The summed E-state index contributed by atoms with van der Waals surface area (Å²) in [7, 11) is 0. The minimum Gasteiger partial charge on any atom is -0.395 e. The van der Waals surface area contributed by atoms with Crippen LogP contribution in [0.5, 0.6) is 0 Å². The molecule has 1 heterocycles. The summed E-state index contributed by atoms with van der Waals surface area (Å²) in [6, 6.07) is 6.95. The van der Waals surface area contributed by atoms with Gasteiger partial charge in [0.1, 0.15) is 0 Å². The van der Waals surface area contributed by atoms with Crippen LogP contribution in [0.25, 0.3) is 12.2 Å². The number of benzene rings is 1. The monoisotopic (exact) mass is 373 g/mol. The Hall–Kier alpha value is -1.28. The Labute approximate surface area is 148 Å². The summed E-state index contributed by atoms with van der Waals surface area (Å²) >= 11 is 5.98. The van der Waals surface area contributed by atoms with Crippen molar-refractivity contribution >= 4 is 36.1 Å². The van der Waals surface area contributed by atoms with Crippen molar-refractivity contribution in [1.29, 1.82) is 0 Å². The molecule has 1 unspecified atom stereocenters. The van der Waals surface area contributed by atoms with E-state index in [4.69, 9.17) is 5.11 Å². The van der Waals surface area contributed by atoms with Crippen molar-refractivity contribution in [2.24, 2.45) is 0 Å². The maximum atomic E-state index is 12.5. The Morgan fingerprint density at radius 3 is 2.50 bits per heavy atom. The zero-order valence-electron chi connectivity index (χ0n) is 13.0. The van der Waals surface area contributed by atoms with Crippen LogP contribution in [0, 0.1) is 0 Å². The van der Waals surface area contributed by atoms with Gasteiger partial charge in [-0.3, -0.25) is 0 Å². The van der Waals surface area contributed by atoms with E-state index in [1.54, 1.807) is 17.4 Å². The first-order valence-electron chi connectivity index (χ1n) is 7.31. The number of aliphatic hydroxyl groups excluding tert-OH is 1. The van der Waals surface area contributed by atoms with Crippen LogP contribution in [-0.2, 0) is 12.7 Å². The molecule has 24 heavy (non-hydrogen) atoms. The number of hydrogen-bond acceptors (Lipinski definition) is 4. The van der Waals surface area contributed by atoms with Gasteiger partial charge in [0.05, 0.1) is 12.2 Å². The molecule has 7 heteroatoms. The molecular formula is C17H18F3NOS2. The van der Waals surface area contributed by atoms with Gasteiger partial charge in [-0.05, 0) is 36.8 Å². The van der Waals surface area contributed by atoms with Crippen molar-refractivity contribution in [3.8, 4) is 0 Å². The van der Waals surface area contributed by atoms with Crippen LogP contribution >= 0.6 is 24.0 Å². The molecule has 1 aromatic carbocycles. The third kappa shape index (κ3) is 5.37. The smallest absolute Gasteiger partial charge is 0.395 e. The second-order valence-electron chi connectivity index (χ2n) is 5.37. The molecule has 2 aromatic rings. The van der Waals surface area contributed by atoms with Crippen LogP contribution in [-0.4, -0.2) is 17.8 Å². The van der Waals surface area contributed by atoms with E-state index in [0.717, 1.165) is 26.8 Å². The molecule has 0 saturated heterocycles. The second kappa shape index (κ2) is 8.20. The highest BCUT2D eigenvalue weighted by Crippen LogP contribution is 2.30. The first-order chi connectivity index (χ1) is 11.3. The molecule has 2 rings (SSSR count). The first-order valence-corrected chi connectivity index (χ1v) is 8.57. The van der Waals surface area contributed by atoms with Gasteiger partial charge in [-0.2, -0.15) is 13.2 Å². The Morgan fingerprint density at radius 1 is 1.25 bits per heavy atom. The molecule has 2 nitrogen and oxygen atoms in total. The first kappa shape index (κ1) is 19.1. The number of aliphatic hydroxyl groups is 1. The summed E-state index contributed by atoms with van der Waals surface area (Å²) < 4.78 is 37.6. The number of rotatable bonds is 6. The van der Waals surface area contributed by atoms with E-state index in [-0.39, 0.29) is 12.6 Å². The molecule has 0 aliphatic rings. The van der Waals surface area contributed by atoms with E-state index in [0.29, 0.717) is 12.1 Å². The molecule has 0 amide bonds. The van der Waals surface area contributed by atoms with Gasteiger partial charge in [0.25, 0.3) is 0 Å². The summed E-state index contributed by atoms with van der Waals surface area (Å²) in [6.07, 6.45) is -0.691. The number of hydrogen-bond donors (Lipinski definition) is 3. The molecule has 0 bridgehead atoms. The molecule has 1 atom stereocenters. The summed E-state index contributed by atoms with van der Waals surface area (Å²) in [5.74, 6) is 0. The zero-order valence-corrected chi connectivity index (χ0v) is 14.7. The lowest BCUT2D eigenvalue weighted by molar-refractivity contribution is -0.137. The normalized spacial score (nSPS) is 13.6. The molecule has 0 fully saturated rings. The van der Waals surface area contributed by atoms with Crippen molar-refractivity contribution in [3.05, 3.63) is 51.2 Å². The van der Waals surface area contributed by atoms with Gasteiger partial charge >= 0.3 is 6.18 Å². The summed E-state index contributed by atoms with van der Waals surface area (Å²) in [5, 5.41) is 12.2. The molecule has 1 aromatic heterocycles. The number of alkyl halides is 3. The van der Waals surface area contributed by atoms with Crippen LogP contribution in [0.2, 0.25) is 0 Å². The highest BCUT2D eigenvalue weighted by atomic mass is 32.1. The predicted octanol–water partition coefficient (Wildman–Crippen LogP) is 4.70. The van der Waals surface area contributed by atoms with E-state index in [1.165, 1.54) is 12.1 Å². The van der Waals surface area contributed by atoms with Gasteiger partial charge in [0.2, 0.25) is 0 Å². The molecule has 0 spiro atoms. The molecular weight excluding hydrogens is 355 g/mol. The molecule has 0 saturated carbocycles. The van der Waals surface area contributed by atoms with Gasteiger partial charge in [0.15, 0.2) is 0 Å². The molecule has 0 aliphatic carbocycles. The van der Waals surface area contributed by atoms with Gasteiger partial charge in [0, 0.05) is 27.2 Å². The summed E-state index contributed by atoms with van der Waals surface area (Å²) in [5.41, 5.74) is 0.0467. The van der Waals surface area contributed by atoms with Crippen molar-refractivity contribution in [2.75, 3.05) is 6.61 Å². The standard InChI is InChI=1S/C17H18F3NOS2/c1-11(10-22)21-9-16-15(23)8-14(24-16)7-4-12-2-5-13(6-3-12)17(18,19)20/h2-8,11,21-23H,9-10H2,1H3/b7-4+. The lowest BCUT2D eigenvalue weighted by Gasteiger charge is -2.09. The number of thiol groups is 1. The number of nitrogens with one attached hydrogen (secondary N) is 1. The Morgan fingerprint density at radius 2 is 1.92 bits per heavy atom. The Bertz CT molecular complexity index is 693. The van der Waals surface area contributed by atoms with E-state index in [2.05, 4.69) is 17.9 Å². The Kier molecular flexibility index (Phi) is 6.51. The van der Waals surface area contributed by atoms with Gasteiger partial charge in [-0.15, -0.1) is 24.0 Å². The van der Waals surface area contributed by atoms with Crippen LogP contribution < -0.4 is 5.32 Å². The van der Waals surface area contributed by atoms with E-state index < -0.39 is 11.7 Å². The topological polar surface area (TPSA) is 32.3 Å². The summed E-state index contributed by atoms with van der Waals surface area (Å²) in [6.45, 7) is 2.56. The van der Waals surface area contributed by atoms with E-state index in [1.807, 2.05) is 19.1 Å². The highest BCUT2D eigenvalue weighted by Gasteiger charge is 2.29. The van der Waals surface area contributed by atoms with Crippen LogP contribution in [0.4, 0.5) is 13.2 Å². The fourth-order valence-corrected chi connectivity index (χ4v) is 3.30. The van der Waals surface area contributed by atoms with E-state index in [9.17, 15) is 13.2 Å². The average Bonchev–Trinajstić information content (AvgIpc) is 2.90. The minimum absolute atomic E-state index is 0.00553. The molecule has 2 N–H and O–H groups in total. The largest absolute Gasteiger partial charge is 0.416 e. The Balaban J connectivity index is 2.04. The van der Waals surface area contributed by atoms with Crippen molar-refractivity contribution in [2.45, 2.75) is 30.6 Å². The lowest BCUT2D eigenvalue weighted by Crippen LogP contribution is -2.28. The van der Waals surface area contributed by atoms with Crippen LogP contribution in [0.1, 0.15) is 27.8 Å².